The summed E-state index contributed by atoms with van der Waals surface area (Å²) >= 11 is 1.29. The number of carbonyl (C=O) groups is 2. The van der Waals surface area contributed by atoms with Gasteiger partial charge in [0.15, 0.2) is 0 Å². The average molecular weight is 297 g/mol. The zero-order valence-electron chi connectivity index (χ0n) is 11.6. The van der Waals surface area contributed by atoms with Crippen LogP contribution in [0, 0.1) is 0 Å². The van der Waals surface area contributed by atoms with Crippen molar-refractivity contribution in [2.45, 2.75) is 26.1 Å². The van der Waals surface area contributed by atoms with E-state index in [-0.39, 0.29) is 24.7 Å². The maximum absolute atomic E-state index is 12.0. The molecule has 2 atom stereocenters. The molecule has 1 saturated heterocycles. The summed E-state index contributed by atoms with van der Waals surface area (Å²) in [5.74, 6) is -0.675. The molecular formula is C13H19N3O3S. The smallest absolute Gasteiger partial charge is 0.251 e. The molecule has 3 N–H and O–H groups in total. The second kappa shape index (κ2) is 6.34. The molecule has 2 amide bonds. The summed E-state index contributed by atoms with van der Waals surface area (Å²) in [6.07, 6.45) is 0.240. The standard InChI is InChI=1S/C13H19N3O3S/c1-8-5-16(6-9(2)19-8)7-11(17)15-13-10(12(14)18)3-4-20-13/h3-4,8-9H,5-7H2,1-2H3,(H2,14,18)(H,15,17)/t8-,9-/m0/s1. The number of morpholine rings is 1. The first kappa shape index (κ1) is 15.0. The lowest BCUT2D eigenvalue weighted by Gasteiger charge is -2.34. The number of thiophene rings is 1. The normalized spacial score (nSPS) is 23.5. The summed E-state index contributed by atoms with van der Waals surface area (Å²) in [7, 11) is 0. The van der Waals surface area contributed by atoms with Crippen molar-refractivity contribution in [3.63, 3.8) is 0 Å². The van der Waals surface area contributed by atoms with Crippen LogP contribution >= 0.6 is 11.3 Å². The van der Waals surface area contributed by atoms with E-state index in [9.17, 15) is 9.59 Å². The molecule has 1 aliphatic heterocycles. The van der Waals surface area contributed by atoms with Crippen molar-refractivity contribution in [2.75, 3.05) is 25.0 Å². The Bertz CT molecular complexity index is 493. The first-order valence-electron chi connectivity index (χ1n) is 6.50. The van der Waals surface area contributed by atoms with Crippen LogP contribution in [0.2, 0.25) is 0 Å². The highest BCUT2D eigenvalue weighted by Gasteiger charge is 2.24. The zero-order valence-corrected chi connectivity index (χ0v) is 12.4. The Morgan fingerprint density at radius 1 is 1.45 bits per heavy atom. The molecule has 20 heavy (non-hydrogen) atoms. The van der Waals surface area contributed by atoms with Crippen molar-refractivity contribution < 1.29 is 14.3 Å². The van der Waals surface area contributed by atoms with Gasteiger partial charge in [0.05, 0.1) is 24.3 Å². The number of primary amides is 1. The number of amides is 2. The largest absolute Gasteiger partial charge is 0.373 e. The van der Waals surface area contributed by atoms with E-state index in [0.717, 1.165) is 13.1 Å². The third-order valence-electron chi connectivity index (χ3n) is 3.05. The lowest BCUT2D eigenvalue weighted by atomic mass is 10.2. The van der Waals surface area contributed by atoms with Gasteiger partial charge in [-0.2, -0.15) is 0 Å². The van der Waals surface area contributed by atoms with Gasteiger partial charge in [-0.15, -0.1) is 11.3 Å². The van der Waals surface area contributed by atoms with E-state index in [0.29, 0.717) is 10.6 Å². The molecule has 1 aromatic rings. The molecule has 2 rings (SSSR count). The van der Waals surface area contributed by atoms with E-state index >= 15 is 0 Å². The van der Waals surface area contributed by atoms with Crippen LogP contribution in [0.5, 0.6) is 0 Å². The van der Waals surface area contributed by atoms with Crippen molar-refractivity contribution in [3.05, 3.63) is 17.0 Å². The van der Waals surface area contributed by atoms with E-state index in [1.807, 2.05) is 18.7 Å². The Morgan fingerprint density at radius 3 is 2.70 bits per heavy atom. The molecule has 2 heterocycles. The van der Waals surface area contributed by atoms with Gasteiger partial charge in [-0.3, -0.25) is 14.5 Å². The third-order valence-corrected chi connectivity index (χ3v) is 3.88. The van der Waals surface area contributed by atoms with Crippen molar-refractivity contribution in [1.82, 2.24) is 4.90 Å². The number of nitrogens with one attached hydrogen (secondary N) is 1. The predicted octanol–water partition coefficient (Wildman–Crippen LogP) is 0.895. The minimum Gasteiger partial charge on any atom is -0.373 e. The minimum atomic E-state index is -0.532. The van der Waals surface area contributed by atoms with Crippen LogP contribution in [0.4, 0.5) is 5.00 Å². The van der Waals surface area contributed by atoms with Crippen LogP contribution < -0.4 is 11.1 Å². The second-order valence-electron chi connectivity index (χ2n) is 5.03. The highest BCUT2D eigenvalue weighted by Crippen LogP contribution is 2.22. The molecule has 1 aromatic heterocycles. The van der Waals surface area contributed by atoms with Crippen molar-refractivity contribution in [3.8, 4) is 0 Å². The Labute approximate surface area is 121 Å². The number of nitrogens with two attached hydrogens (primary N) is 1. The number of nitrogens with zero attached hydrogens (tertiary/aromatic N) is 1. The van der Waals surface area contributed by atoms with Gasteiger partial charge in [-0.25, -0.2) is 0 Å². The molecule has 7 heteroatoms. The molecule has 1 aliphatic rings. The highest BCUT2D eigenvalue weighted by molar-refractivity contribution is 7.14. The fourth-order valence-corrected chi connectivity index (χ4v) is 3.19. The molecule has 6 nitrogen and oxygen atoms in total. The SMILES string of the molecule is C[C@H]1CN(CC(=O)Nc2sccc2C(N)=O)C[C@H](C)O1. The molecule has 1 fully saturated rings. The predicted molar refractivity (Wildman–Crippen MR) is 77.9 cm³/mol. The topological polar surface area (TPSA) is 84.7 Å². The van der Waals surface area contributed by atoms with Crippen molar-refractivity contribution in [2.24, 2.45) is 5.73 Å². The van der Waals surface area contributed by atoms with Crippen LogP contribution in [-0.2, 0) is 9.53 Å². The Morgan fingerprint density at radius 2 is 2.10 bits per heavy atom. The van der Waals surface area contributed by atoms with Gasteiger partial charge in [0, 0.05) is 13.1 Å². The third kappa shape index (κ3) is 3.78. The molecule has 0 radical (unpaired) electrons. The van der Waals surface area contributed by atoms with Crippen LogP contribution in [0.15, 0.2) is 11.4 Å². The molecule has 0 bridgehead atoms. The van der Waals surface area contributed by atoms with E-state index in [1.165, 1.54) is 11.3 Å². The molecule has 0 aromatic carbocycles. The highest BCUT2D eigenvalue weighted by atomic mass is 32.1. The van der Waals surface area contributed by atoms with Crippen LogP contribution in [-0.4, -0.2) is 48.6 Å². The fourth-order valence-electron chi connectivity index (χ4n) is 2.38. The first-order chi connectivity index (χ1) is 9.45. The van der Waals surface area contributed by atoms with Crippen LogP contribution in [0.3, 0.4) is 0 Å². The summed E-state index contributed by atoms with van der Waals surface area (Å²) in [6.45, 7) is 5.72. The minimum absolute atomic E-state index is 0.120. The lowest BCUT2D eigenvalue weighted by molar-refractivity contribution is -0.121. The summed E-state index contributed by atoms with van der Waals surface area (Å²) in [5, 5.41) is 4.99. The van der Waals surface area contributed by atoms with Crippen molar-refractivity contribution >= 4 is 28.2 Å². The first-order valence-corrected chi connectivity index (χ1v) is 7.38. The number of hydrogen-bond donors (Lipinski definition) is 2. The Hall–Kier alpha value is -1.44. The summed E-state index contributed by atoms with van der Waals surface area (Å²) in [5.41, 5.74) is 5.60. The van der Waals surface area contributed by atoms with Gasteiger partial charge in [-0.1, -0.05) is 0 Å². The van der Waals surface area contributed by atoms with Crippen molar-refractivity contribution in [1.29, 1.82) is 0 Å². The number of ether oxygens (including phenoxy) is 1. The number of hydrogen-bond acceptors (Lipinski definition) is 5. The summed E-state index contributed by atoms with van der Waals surface area (Å²) in [6, 6.07) is 1.61. The zero-order chi connectivity index (χ0) is 14.7. The second-order valence-corrected chi connectivity index (χ2v) is 5.94. The molecule has 110 valence electrons. The van der Waals surface area contributed by atoms with Gasteiger partial charge in [0.2, 0.25) is 5.91 Å². The molecule has 0 saturated carbocycles. The van der Waals surface area contributed by atoms with E-state index < -0.39 is 5.91 Å². The molecular weight excluding hydrogens is 278 g/mol. The monoisotopic (exact) mass is 297 g/mol. The Balaban J connectivity index is 1.92. The van der Waals surface area contributed by atoms with Crippen LogP contribution in [0.1, 0.15) is 24.2 Å². The quantitative estimate of drug-likeness (QED) is 0.864. The number of rotatable bonds is 4. The Kier molecular flexibility index (Phi) is 4.74. The van der Waals surface area contributed by atoms with Gasteiger partial charge >= 0.3 is 0 Å². The van der Waals surface area contributed by atoms with Gasteiger partial charge < -0.3 is 15.8 Å². The van der Waals surface area contributed by atoms with E-state index in [1.54, 1.807) is 11.4 Å². The van der Waals surface area contributed by atoms with Gasteiger partial charge in [0.25, 0.3) is 5.91 Å². The van der Waals surface area contributed by atoms with E-state index in [2.05, 4.69) is 5.32 Å². The van der Waals surface area contributed by atoms with Crippen LogP contribution in [0.25, 0.3) is 0 Å². The molecule has 0 aliphatic carbocycles. The van der Waals surface area contributed by atoms with E-state index in [4.69, 9.17) is 10.5 Å². The lowest BCUT2D eigenvalue weighted by Crippen LogP contribution is -2.48. The summed E-state index contributed by atoms with van der Waals surface area (Å²) < 4.78 is 5.62. The molecule has 0 spiro atoms. The maximum Gasteiger partial charge on any atom is 0.251 e. The number of anilines is 1. The van der Waals surface area contributed by atoms with Gasteiger partial charge in [-0.05, 0) is 25.3 Å². The maximum atomic E-state index is 12.0. The number of carbonyl (C=O) groups excluding carboxylic acids is 2. The average Bonchev–Trinajstić information content (AvgIpc) is 2.75. The van der Waals surface area contributed by atoms with Gasteiger partial charge in [0.1, 0.15) is 5.00 Å². The fraction of sp³-hybridized carbons (Fsp3) is 0.538. The summed E-state index contributed by atoms with van der Waals surface area (Å²) in [4.78, 5) is 25.3. The molecule has 0 unspecified atom stereocenters.